The first kappa shape index (κ1) is 9.47. The van der Waals surface area contributed by atoms with E-state index in [1.165, 1.54) is 12.0 Å². The summed E-state index contributed by atoms with van der Waals surface area (Å²) in [5.74, 6) is 1.64. The van der Waals surface area contributed by atoms with E-state index in [1.807, 2.05) is 6.08 Å². The van der Waals surface area contributed by atoms with Crippen LogP contribution in [0.1, 0.15) is 17.9 Å². The van der Waals surface area contributed by atoms with Crippen LogP contribution in [0.3, 0.4) is 0 Å². The second-order valence-electron chi connectivity index (χ2n) is 3.96. The van der Waals surface area contributed by atoms with Crippen LogP contribution in [0.25, 0.3) is 0 Å². The smallest absolute Gasteiger partial charge is 0.0132 e. The Balaban J connectivity index is 1.79. The van der Waals surface area contributed by atoms with E-state index in [0.29, 0.717) is 0 Å². The molecule has 1 nitrogen and oxygen atoms in total. The maximum atomic E-state index is 3.69. The van der Waals surface area contributed by atoms with Crippen LogP contribution < -0.4 is 5.32 Å². The monoisotopic (exact) mass is 187 g/mol. The fraction of sp³-hybridized carbons (Fsp3) is 0.385. The molecule has 1 aromatic carbocycles. The number of hydrogen-bond donors (Lipinski definition) is 1. The van der Waals surface area contributed by atoms with Crippen LogP contribution in [-0.2, 0) is 0 Å². The standard InChI is InChI=1S/C13H17N/c1-2-8-14-10-12-9-13(12)11-6-4-3-5-7-11/h2-7,12-14H,1,8-10H2/t12-,13-/m1/s1. The largest absolute Gasteiger partial charge is 0.313 e. The summed E-state index contributed by atoms with van der Waals surface area (Å²) in [4.78, 5) is 0. The minimum atomic E-state index is 0.800. The van der Waals surface area contributed by atoms with E-state index < -0.39 is 0 Å². The van der Waals surface area contributed by atoms with Crippen molar-refractivity contribution in [3.05, 3.63) is 48.6 Å². The van der Waals surface area contributed by atoms with E-state index in [9.17, 15) is 0 Å². The first-order chi connectivity index (χ1) is 6.92. The van der Waals surface area contributed by atoms with Crippen LogP contribution in [0.2, 0.25) is 0 Å². The van der Waals surface area contributed by atoms with E-state index in [2.05, 4.69) is 42.2 Å². The molecule has 1 heteroatoms. The van der Waals surface area contributed by atoms with Crippen LogP contribution in [-0.4, -0.2) is 13.1 Å². The summed E-state index contributed by atoms with van der Waals surface area (Å²) >= 11 is 0. The predicted octanol–water partition coefficient (Wildman–Crippen LogP) is 2.57. The van der Waals surface area contributed by atoms with Gasteiger partial charge >= 0.3 is 0 Å². The molecule has 0 unspecified atom stereocenters. The third-order valence-electron chi connectivity index (χ3n) is 2.85. The molecule has 0 aliphatic heterocycles. The van der Waals surface area contributed by atoms with Gasteiger partial charge in [-0.15, -0.1) is 6.58 Å². The summed E-state index contributed by atoms with van der Waals surface area (Å²) in [6, 6.07) is 10.8. The SMILES string of the molecule is C=CCNC[C@H]1C[C@@H]1c1ccccc1. The van der Waals surface area contributed by atoms with Gasteiger partial charge in [0, 0.05) is 6.54 Å². The van der Waals surface area contributed by atoms with Crippen LogP contribution in [0.5, 0.6) is 0 Å². The quantitative estimate of drug-likeness (QED) is 0.552. The minimum Gasteiger partial charge on any atom is -0.313 e. The first-order valence-electron chi connectivity index (χ1n) is 5.28. The van der Waals surface area contributed by atoms with Gasteiger partial charge in [-0.1, -0.05) is 36.4 Å². The Morgan fingerprint density at radius 1 is 1.36 bits per heavy atom. The van der Waals surface area contributed by atoms with Crippen molar-refractivity contribution in [2.75, 3.05) is 13.1 Å². The summed E-state index contributed by atoms with van der Waals surface area (Å²) in [6.07, 6.45) is 3.26. The fourth-order valence-corrected chi connectivity index (χ4v) is 1.95. The molecule has 1 aliphatic rings. The van der Waals surface area contributed by atoms with E-state index in [1.54, 1.807) is 0 Å². The topological polar surface area (TPSA) is 12.0 Å². The molecule has 2 rings (SSSR count). The second-order valence-corrected chi connectivity index (χ2v) is 3.96. The molecular formula is C13H17N. The lowest BCUT2D eigenvalue weighted by atomic mass is 10.1. The van der Waals surface area contributed by atoms with Gasteiger partial charge in [-0.2, -0.15) is 0 Å². The Bertz CT molecular complexity index is 291. The normalized spacial score (nSPS) is 24.6. The van der Waals surface area contributed by atoms with Gasteiger partial charge in [0.2, 0.25) is 0 Å². The molecular weight excluding hydrogens is 170 g/mol. The van der Waals surface area contributed by atoms with Gasteiger partial charge in [-0.25, -0.2) is 0 Å². The number of benzene rings is 1. The average molecular weight is 187 g/mol. The molecule has 0 radical (unpaired) electrons. The van der Waals surface area contributed by atoms with Crippen LogP contribution in [0.4, 0.5) is 0 Å². The lowest BCUT2D eigenvalue weighted by Gasteiger charge is -2.01. The van der Waals surface area contributed by atoms with E-state index in [0.717, 1.165) is 24.9 Å². The third kappa shape index (κ3) is 2.24. The molecule has 1 fully saturated rings. The fourth-order valence-electron chi connectivity index (χ4n) is 1.95. The molecule has 0 saturated heterocycles. The van der Waals surface area contributed by atoms with Crippen molar-refractivity contribution in [3.63, 3.8) is 0 Å². The molecule has 2 atom stereocenters. The molecule has 0 amide bonds. The Labute approximate surface area is 85.8 Å². The van der Waals surface area contributed by atoms with Crippen LogP contribution >= 0.6 is 0 Å². The van der Waals surface area contributed by atoms with Crippen LogP contribution in [0, 0.1) is 5.92 Å². The molecule has 0 bridgehead atoms. The zero-order valence-corrected chi connectivity index (χ0v) is 8.45. The summed E-state index contributed by atoms with van der Waals surface area (Å²) in [5, 5.41) is 3.38. The number of hydrogen-bond acceptors (Lipinski definition) is 1. The lowest BCUT2D eigenvalue weighted by Crippen LogP contribution is -2.16. The number of nitrogens with one attached hydrogen (secondary N) is 1. The molecule has 1 aromatic rings. The summed E-state index contributed by atoms with van der Waals surface area (Å²) in [6.45, 7) is 5.75. The zero-order chi connectivity index (χ0) is 9.80. The molecule has 1 N–H and O–H groups in total. The van der Waals surface area contributed by atoms with Crippen molar-refractivity contribution in [2.24, 2.45) is 5.92 Å². The molecule has 74 valence electrons. The highest BCUT2D eigenvalue weighted by Crippen LogP contribution is 2.46. The van der Waals surface area contributed by atoms with Gasteiger partial charge < -0.3 is 5.32 Å². The highest BCUT2D eigenvalue weighted by molar-refractivity contribution is 5.25. The maximum Gasteiger partial charge on any atom is 0.0132 e. The van der Waals surface area contributed by atoms with Crippen molar-refractivity contribution < 1.29 is 0 Å². The Kier molecular flexibility index (Phi) is 3.00. The van der Waals surface area contributed by atoms with Gasteiger partial charge in [-0.05, 0) is 30.4 Å². The highest BCUT2D eigenvalue weighted by Gasteiger charge is 2.37. The summed E-state index contributed by atoms with van der Waals surface area (Å²) in [5.41, 5.74) is 1.50. The predicted molar refractivity (Wildman–Crippen MR) is 60.4 cm³/mol. The Hall–Kier alpha value is -1.08. The third-order valence-corrected chi connectivity index (χ3v) is 2.85. The summed E-state index contributed by atoms with van der Waals surface area (Å²) < 4.78 is 0. The van der Waals surface area contributed by atoms with Gasteiger partial charge in [-0.3, -0.25) is 0 Å². The number of rotatable bonds is 5. The van der Waals surface area contributed by atoms with Gasteiger partial charge in [0.15, 0.2) is 0 Å². The van der Waals surface area contributed by atoms with Crippen molar-refractivity contribution in [1.29, 1.82) is 0 Å². The highest BCUT2D eigenvalue weighted by atomic mass is 14.9. The second kappa shape index (κ2) is 4.43. The van der Waals surface area contributed by atoms with E-state index in [4.69, 9.17) is 0 Å². The van der Waals surface area contributed by atoms with Crippen LogP contribution in [0.15, 0.2) is 43.0 Å². The molecule has 0 aromatic heterocycles. The zero-order valence-electron chi connectivity index (χ0n) is 8.45. The maximum absolute atomic E-state index is 3.69. The summed E-state index contributed by atoms with van der Waals surface area (Å²) in [7, 11) is 0. The molecule has 14 heavy (non-hydrogen) atoms. The minimum absolute atomic E-state index is 0.800. The van der Waals surface area contributed by atoms with Gasteiger partial charge in [0.25, 0.3) is 0 Å². The van der Waals surface area contributed by atoms with Crippen molar-refractivity contribution in [2.45, 2.75) is 12.3 Å². The first-order valence-corrected chi connectivity index (χ1v) is 5.28. The molecule has 0 spiro atoms. The molecule has 1 aliphatic carbocycles. The molecule has 1 saturated carbocycles. The van der Waals surface area contributed by atoms with Gasteiger partial charge in [0.1, 0.15) is 0 Å². The Morgan fingerprint density at radius 2 is 2.14 bits per heavy atom. The van der Waals surface area contributed by atoms with Crippen molar-refractivity contribution >= 4 is 0 Å². The lowest BCUT2D eigenvalue weighted by molar-refractivity contribution is 0.668. The Morgan fingerprint density at radius 3 is 2.86 bits per heavy atom. The van der Waals surface area contributed by atoms with Gasteiger partial charge in [0.05, 0.1) is 0 Å². The average Bonchev–Trinajstić information content (AvgIpc) is 2.99. The van der Waals surface area contributed by atoms with Crippen molar-refractivity contribution in [3.8, 4) is 0 Å². The van der Waals surface area contributed by atoms with E-state index >= 15 is 0 Å². The van der Waals surface area contributed by atoms with E-state index in [-0.39, 0.29) is 0 Å². The van der Waals surface area contributed by atoms with Crippen molar-refractivity contribution in [1.82, 2.24) is 5.32 Å². The molecule has 0 heterocycles.